The third kappa shape index (κ3) is 2.69. The first-order valence-corrected chi connectivity index (χ1v) is 7.73. The summed E-state index contributed by atoms with van der Waals surface area (Å²) in [7, 11) is 0. The Morgan fingerprint density at radius 2 is 1.90 bits per heavy atom. The minimum atomic E-state index is -0.422. The number of hydrogen-bond acceptors (Lipinski definition) is 2. The second-order valence-electron chi connectivity index (χ2n) is 4.84. The van der Waals surface area contributed by atoms with Gasteiger partial charge in [0, 0.05) is 10.3 Å². The van der Waals surface area contributed by atoms with Gasteiger partial charge in [0.05, 0.1) is 6.04 Å². The summed E-state index contributed by atoms with van der Waals surface area (Å²) < 4.78 is 28.8. The lowest BCUT2D eigenvalue weighted by atomic mass is 9.97. The maximum absolute atomic E-state index is 14.1. The van der Waals surface area contributed by atoms with Gasteiger partial charge in [-0.2, -0.15) is 0 Å². The molecule has 0 bridgehead atoms. The van der Waals surface area contributed by atoms with Crippen LogP contribution in [-0.4, -0.2) is 6.54 Å². The molecular weight excluding hydrogens is 288 g/mol. The Morgan fingerprint density at radius 1 is 1.10 bits per heavy atom. The quantitative estimate of drug-likeness (QED) is 0.724. The molecule has 108 valence electrons. The van der Waals surface area contributed by atoms with Crippen molar-refractivity contribution in [2.24, 2.45) is 0 Å². The van der Waals surface area contributed by atoms with Crippen LogP contribution in [0.4, 0.5) is 8.78 Å². The third-order valence-electron chi connectivity index (χ3n) is 3.50. The zero-order valence-corrected chi connectivity index (χ0v) is 12.4. The molecule has 0 aliphatic rings. The summed E-state index contributed by atoms with van der Waals surface area (Å²) >= 11 is 1.62. The number of halogens is 2. The molecule has 4 heteroatoms. The van der Waals surface area contributed by atoms with E-state index in [4.69, 9.17) is 0 Å². The number of hydrogen-bond donors (Lipinski definition) is 1. The van der Waals surface area contributed by atoms with Gasteiger partial charge in [-0.15, -0.1) is 11.3 Å². The fraction of sp³-hybridized carbons (Fsp3) is 0.176. The Morgan fingerprint density at radius 3 is 2.71 bits per heavy atom. The Hall–Kier alpha value is -1.78. The first-order chi connectivity index (χ1) is 10.2. The molecule has 0 spiro atoms. The van der Waals surface area contributed by atoms with Gasteiger partial charge in [0.25, 0.3) is 0 Å². The molecule has 1 heterocycles. The number of rotatable bonds is 4. The summed E-state index contributed by atoms with van der Waals surface area (Å²) in [6.07, 6.45) is 0. The largest absolute Gasteiger partial charge is 0.306 e. The van der Waals surface area contributed by atoms with Gasteiger partial charge >= 0.3 is 0 Å². The molecule has 1 atom stereocenters. The highest BCUT2D eigenvalue weighted by molar-refractivity contribution is 7.17. The average molecular weight is 303 g/mol. The smallest absolute Gasteiger partial charge is 0.128 e. The number of nitrogens with one attached hydrogen (secondary N) is 1. The molecular formula is C17H15F2NS. The van der Waals surface area contributed by atoms with Crippen LogP contribution in [0, 0.1) is 11.6 Å². The second-order valence-corrected chi connectivity index (χ2v) is 5.75. The van der Waals surface area contributed by atoms with Gasteiger partial charge in [0.15, 0.2) is 0 Å². The fourth-order valence-electron chi connectivity index (χ4n) is 2.55. The molecule has 1 aromatic heterocycles. The minimum Gasteiger partial charge on any atom is -0.306 e. The van der Waals surface area contributed by atoms with Crippen molar-refractivity contribution >= 4 is 21.4 Å². The fourth-order valence-corrected chi connectivity index (χ4v) is 3.54. The van der Waals surface area contributed by atoms with Crippen LogP contribution in [0.15, 0.2) is 47.8 Å². The molecule has 3 rings (SSSR count). The summed E-state index contributed by atoms with van der Waals surface area (Å²) in [4.78, 5) is 0. The van der Waals surface area contributed by atoms with Gasteiger partial charge < -0.3 is 5.32 Å². The highest BCUT2D eigenvalue weighted by Gasteiger charge is 2.20. The highest BCUT2D eigenvalue weighted by atomic mass is 32.1. The lowest BCUT2D eigenvalue weighted by molar-refractivity contribution is 0.546. The predicted octanol–water partition coefficient (Wildman–Crippen LogP) is 4.88. The molecule has 0 radical (unpaired) electrons. The first kappa shape index (κ1) is 14.2. The average Bonchev–Trinajstić information content (AvgIpc) is 2.91. The van der Waals surface area contributed by atoms with Gasteiger partial charge in [-0.1, -0.05) is 25.1 Å². The van der Waals surface area contributed by atoms with E-state index in [1.165, 1.54) is 12.1 Å². The molecule has 0 aliphatic heterocycles. The minimum absolute atomic E-state index is 0.346. The molecule has 2 aromatic carbocycles. The van der Waals surface area contributed by atoms with Crippen molar-refractivity contribution in [2.75, 3.05) is 6.54 Å². The van der Waals surface area contributed by atoms with Gasteiger partial charge in [0.2, 0.25) is 0 Å². The summed E-state index contributed by atoms with van der Waals surface area (Å²) in [5.41, 5.74) is 1.34. The predicted molar refractivity (Wildman–Crippen MR) is 83.7 cm³/mol. The lowest BCUT2D eigenvalue weighted by Crippen LogP contribution is -2.23. The monoisotopic (exact) mass is 303 g/mol. The third-order valence-corrected chi connectivity index (χ3v) is 4.48. The van der Waals surface area contributed by atoms with Crippen LogP contribution in [0.3, 0.4) is 0 Å². The molecule has 0 aliphatic carbocycles. The van der Waals surface area contributed by atoms with E-state index in [1.807, 2.05) is 36.6 Å². The van der Waals surface area contributed by atoms with E-state index in [2.05, 4.69) is 5.32 Å². The van der Waals surface area contributed by atoms with E-state index >= 15 is 0 Å². The van der Waals surface area contributed by atoms with Gasteiger partial charge in [-0.3, -0.25) is 0 Å². The van der Waals surface area contributed by atoms with Crippen LogP contribution in [0.25, 0.3) is 10.1 Å². The van der Waals surface area contributed by atoms with E-state index in [-0.39, 0.29) is 6.04 Å². The van der Waals surface area contributed by atoms with E-state index in [0.717, 1.165) is 21.7 Å². The zero-order valence-electron chi connectivity index (χ0n) is 11.6. The number of fused-ring (bicyclic) bond motifs is 1. The van der Waals surface area contributed by atoms with E-state index in [1.54, 1.807) is 11.3 Å². The molecule has 0 fully saturated rings. The van der Waals surface area contributed by atoms with Crippen molar-refractivity contribution in [1.82, 2.24) is 5.32 Å². The maximum Gasteiger partial charge on any atom is 0.128 e. The number of benzene rings is 2. The topological polar surface area (TPSA) is 12.0 Å². The van der Waals surface area contributed by atoms with Crippen molar-refractivity contribution in [3.63, 3.8) is 0 Å². The van der Waals surface area contributed by atoms with Crippen LogP contribution >= 0.6 is 11.3 Å². The van der Waals surface area contributed by atoms with Crippen molar-refractivity contribution in [3.8, 4) is 0 Å². The Bertz CT molecular complexity index is 766. The summed E-state index contributed by atoms with van der Waals surface area (Å²) in [5, 5.41) is 6.36. The molecule has 0 amide bonds. The molecule has 1 nitrogen and oxygen atoms in total. The van der Waals surface area contributed by atoms with Gasteiger partial charge in [-0.25, -0.2) is 8.78 Å². The normalized spacial score (nSPS) is 12.7. The lowest BCUT2D eigenvalue weighted by Gasteiger charge is -2.19. The van der Waals surface area contributed by atoms with E-state index in [0.29, 0.717) is 12.1 Å². The van der Waals surface area contributed by atoms with Crippen LogP contribution in [0.5, 0.6) is 0 Å². The van der Waals surface area contributed by atoms with Gasteiger partial charge in [-0.05, 0) is 47.1 Å². The summed E-state index contributed by atoms with van der Waals surface area (Å²) in [6.45, 7) is 2.63. The summed E-state index contributed by atoms with van der Waals surface area (Å²) in [5.74, 6) is -0.813. The van der Waals surface area contributed by atoms with Crippen LogP contribution in [0.1, 0.15) is 24.1 Å². The van der Waals surface area contributed by atoms with Crippen molar-refractivity contribution in [3.05, 3.63) is 70.6 Å². The van der Waals surface area contributed by atoms with Crippen LogP contribution in [0.2, 0.25) is 0 Å². The molecule has 3 aromatic rings. The maximum atomic E-state index is 14.1. The Labute approximate surface area is 126 Å². The van der Waals surface area contributed by atoms with Crippen LogP contribution < -0.4 is 5.32 Å². The Balaban J connectivity index is 2.15. The Kier molecular flexibility index (Phi) is 3.99. The molecule has 0 saturated carbocycles. The SMILES string of the molecule is CCNC(c1cc(F)ccc1F)c1csc2ccccc12. The number of thiophene rings is 1. The molecule has 21 heavy (non-hydrogen) atoms. The summed E-state index contributed by atoms with van der Waals surface area (Å²) in [6, 6.07) is 11.3. The highest BCUT2D eigenvalue weighted by Crippen LogP contribution is 2.34. The van der Waals surface area contributed by atoms with Crippen molar-refractivity contribution in [1.29, 1.82) is 0 Å². The molecule has 1 N–H and O–H groups in total. The standard InChI is InChI=1S/C17H15F2NS/c1-2-20-17(13-9-11(18)7-8-15(13)19)14-10-21-16-6-4-3-5-12(14)16/h3-10,17,20H,2H2,1H3. The first-order valence-electron chi connectivity index (χ1n) is 6.85. The van der Waals surface area contributed by atoms with E-state index < -0.39 is 11.6 Å². The molecule has 1 unspecified atom stereocenters. The molecule has 0 saturated heterocycles. The van der Waals surface area contributed by atoms with Crippen LogP contribution in [-0.2, 0) is 0 Å². The van der Waals surface area contributed by atoms with E-state index in [9.17, 15) is 8.78 Å². The van der Waals surface area contributed by atoms with Gasteiger partial charge in [0.1, 0.15) is 11.6 Å². The zero-order chi connectivity index (χ0) is 14.8. The van der Waals surface area contributed by atoms with Crippen molar-refractivity contribution in [2.45, 2.75) is 13.0 Å². The van der Waals surface area contributed by atoms with Crippen molar-refractivity contribution < 1.29 is 8.78 Å². The second kappa shape index (κ2) is 5.92.